The first-order valence-corrected chi connectivity index (χ1v) is 10.2. The van der Waals surface area contributed by atoms with Crippen LogP contribution in [0.15, 0.2) is 48.8 Å². The van der Waals surface area contributed by atoms with Gasteiger partial charge in [-0.05, 0) is 17.5 Å². The van der Waals surface area contributed by atoms with Gasteiger partial charge in [0.05, 0.1) is 11.9 Å². The molecule has 0 fully saturated rings. The number of benzene rings is 1. The molecule has 1 aromatic carbocycles. The maximum atomic E-state index is 12.2. The summed E-state index contributed by atoms with van der Waals surface area (Å²) in [5.74, 6) is -2.14. The highest BCUT2D eigenvalue weighted by Crippen LogP contribution is 2.38. The number of hydrogen-bond donors (Lipinski definition) is 3. The van der Waals surface area contributed by atoms with Crippen LogP contribution < -0.4 is 5.32 Å². The molecule has 10 heteroatoms. The number of carboxylic acids is 2. The van der Waals surface area contributed by atoms with Crippen LogP contribution in [0.2, 0.25) is 0 Å². The van der Waals surface area contributed by atoms with E-state index < -0.39 is 18.0 Å². The maximum absolute atomic E-state index is 12.2. The van der Waals surface area contributed by atoms with Crippen LogP contribution in [-0.4, -0.2) is 49.5 Å². The van der Waals surface area contributed by atoms with Crippen LogP contribution >= 0.6 is 11.3 Å². The molecule has 0 radical (unpaired) electrons. The monoisotopic (exact) mass is 438 g/mol. The van der Waals surface area contributed by atoms with E-state index in [9.17, 15) is 19.5 Å². The van der Waals surface area contributed by atoms with Crippen LogP contribution in [0, 0.1) is 0 Å². The van der Waals surface area contributed by atoms with E-state index in [0.29, 0.717) is 35.7 Å². The van der Waals surface area contributed by atoms with E-state index in [1.807, 2.05) is 6.07 Å². The lowest BCUT2D eigenvalue weighted by atomic mass is 10.0. The van der Waals surface area contributed by atoms with Crippen molar-refractivity contribution < 1.29 is 24.6 Å². The Kier molecular flexibility index (Phi) is 5.63. The molecule has 1 amide bonds. The number of carbonyl (C=O) groups is 3. The summed E-state index contributed by atoms with van der Waals surface area (Å²) in [6.45, 7) is 0.747. The normalized spacial score (nSPS) is 14.4. The average molecular weight is 438 g/mol. The Bertz CT molecular complexity index is 1190. The van der Waals surface area contributed by atoms with Gasteiger partial charge in [-0.25, -0.2) is 19.6 Å². The number of aromatic nitrogens is 2. The molecular formula is C21H18N4O5S. The van der Waals surface area contributed by atoms with E-state index in [0.717, 1.165) is 28.0 Å². The highest BCUT2D eigenvalue weighted by atomic mass is 32.1. The summed E-state index contributed by atoms with van der Waals surface area (Å²) in [6, 6.07) is 7.87. The van der Waals surface area contributed by atoms with Crippen molar-refractivity contribution in [2.45, 2.75) is 19.0 Å². The summed E-state index contributed by atoms with van der Waals surface area (Å²) in [5.41, 5.74) is 1.58. The first kappa shape index (κ1) is 20.5. The van der Waals surface area contributed by atoms with Gasteiger partial charge in [0.2, 0.25) is 5.91 Å². The number of amides is 1. The molecule has 31 heavy (non-hydrogen) atoms. The third-order valence-corrected chi connectivity index (χ3v) is 6.10. The van der Waals surface area contributed by atoms with Crippen LogP contribution in [0.1, 0.15) is 22.0 Å². The van der Waals surface area contributed by atoms with Gasteiger partial charge in [-0.3, -0.25) is 4.79 Å². The lowest BCUT2D eigenvalue weighted by molar-refractivity contribution is -0.138. The third-order valence-electron chi connectivity index (χ3n) is 4.98. The quantitative estimate of drug-likeness (QED) is 0.500. The zero-order chi connectivity index (χ0) is 22.0. The van der Waals surface area contributed by atoms with Crippen LogP contribution in [0.3, 0.4) is 0 Å². The molecule has 1 aliphatic heterocycles. The minimum atomic E-state index is -1.18. The summed E-state index contributed by atoms with van der Waals surface area (Å²) in [5, 5.41) is 22.3. The van der Waals surface area contributed by atoms with Crippen molar-refractivity contribution in [3.63, 3.8) is 0 Å². The van der Waals surface area contributed by atoms with Gasteiger partial charge in [0, 0.05) is 23.6 Å². The summed E-state index contributed by atoms with van der Waals surface area (Å²) in [7, 11) is 0. The zero-order valence-electron chi connectivity index (χ0n) is 16.2. The minimum Gasteiger partial charge on any atom is -0.479 e. The fourth-order valence-electron chi connectivity index (χ4n) is 3.54. The summed E-state index contributed by atoms with van der Waals surface area (Å²) >= 11 is 1.42. The van der Waals surface area contributed by atoms with Crippen molar-refractivity contribution in [3.8, 4) is 0 Å². The topological polar surface area (TPSA) is 133 Å². The smallest absolute Gasteiger partial charge is 0.330 e. The zero-order valence-corrected chi connectivity index (χ0v) is 17.0. The van der Waals surface area contributed by atoms with Gasteiger partial charge < -0.3 is 20.4 Å². The maximum Gasteiger partial charge on any atom is 0.330 e. The van der Waals surface area contributed by atoms with Crippen molar-refractivity contribution in [2.75, 3.05) is 11.9 Å². The number of nitrogens with one attached hydrogen (secondary N) is 1. The third kappa shape index (κ3) is 4.24. The number of carboxylic acid groups (broad SMARTS) is 2. The number of thiophene rings is 1. The van der Waals surface area contributed by atoms with E-state index in [1.165, 1.54) is 17.7 Å². The number of rotatable bonds is 6. The standard InChI is InChI=1S/C21H18N4O5S/c26-15(6-7-16(27)28)25-9-8-13-14(10-25)31-20-17(13)19(22-11-23-20)24-18(21(29)30)12-4-2-1-3-5-12/h1-7,11,18H,8-10H2,(H,27,28)(H,29,30)(H,22,23,24)/t18-/m0/s1. The Hall–Kier alpha value is -3.79. The van der Waals surface area contributed by atoms with Gasteiger partial charge in [-0.1, -0.05) is 30.3 Å². The van der Waals surface area contributed by atoms with Crippen LogP contribution in [0.4, 0.5) is 5.82 Å². The Morgan fingerprint density at radius 2 is 1.90 bits per heavy atom. The number of hydrogen-bond acceptors (Lipinski definition) is 7. The Morgan fingerprint density at radius 3 is 2.61 bits per heavy atom. The molecule has 3 aromatic rings. The second-order valence-corrected chi connectivity index (χ2v) is 8.00. The number of carbonyl (C=O) groups excluding carboxylic acids is 1. The molecule has 158 valence electrons. The van der Waals surface area contributed by atoms with Crippen molar-refractivity contribution in [1.29, 1.82) is 0 Å². The highest BCUT2D eigenvalue weighted by molar-refractivity contribution is 7.19. The van der Waals surface area contributed by atoms with Crippen LogP contribution in [0.5, 0.6) is 0 Å². The molecule has 4 rings (SSSR count). The predicted molar refractivity (Wildman–Crippen MR) is 114 cm³/mol. The lowest BCUT2D eigenvalue weighted by Gasteiger charge is -2.26. The van der Waals surface area contributed by atoms with Crippen molar-refractivity contribution in [1.82, 2.24) is 14.9 Å². The van der Waals surface area contributed by atoms with Gasteiger partial charge in [0.25, 0.3) is 0 Å². The van der Waals surface area contributed by atoms with Gasteiger partial charge in [-0.2, -0.15) is 0 Å². The van der Waals surface area contributed by atoms with E-state index in [1.54, 1.807) is 29.2 Å². The Labute approximate surface area is 180 Å². The molecule has 0 unspecified atom stereocenters. The van der Waals surface area contributed by atoms with Gasteiger partial charge in [0.1, 0.15) is 17.0 Å². The van der Waals surface area contributed by atoms with Crippen LogP contribution in [0.25, 0.3) is 10.2 Å². The lowest BCUT2D eigenvalue weighted by Crippen LogP contribution is -2.34. The van der Waals surface area contributed by atoms with Crippen molar-refractivity contribution >= 4 is 45.2 Å². The van der Waals surface area contributed by atoms with Gasteiger partial charge >= 0.3 is 11.9 Å². The predicted octanol–water partition coefficient (Wildman–Crippen LogP) is 2.45. The van der Waals surface area contributed by atoms with E-state index in [2.05, 4.69) is 15.3 Å². The molecule has 9 nitrogen and oxygen atoms in total. The van der Waals surface area contributed by atoms with Gasteiger partial charge in [0.15, 0.2) is 6.04 Å². The summed E-state index contributed by atoms with van der Waals surface area (Å²) < 4.78 is 0. The number of nitrogens with zero attached hydrogens (tertiary/aromatic N) is 3. The molecular weight excluding hydrogens is 420 g/mol. The molecule has 0 bridgehead atoms. The first-order chi connectivity index (χ1) is 14.9. The fraction of sp³-hybridized carbons (Fsp3) is 0.190. The molecule has 0 saturated carbocycles. The number of anilines is 1. The van der Waals surface area contributed by atoms with E-state index >= 15 is 0 Å². The highest BCUT2D eigenvalue weighted by Gasteiger charge is 2.27. The van der Waals surface area contributed by atoms with E-state index in [4.69, 9.17) is 5.11 Å². The minimum absolute atomic E-state index is 0.333. The molecule has 0 spiro atoms. The summed E-state index contributed by atoms with van der Waals surface area (Å²) in [4.78, 5) is 46.6. The first-order valence-electron chi connectivity index (χ1n) is 9.43. The molecule has 3 N–H and O–H groups in total. The summed E-state index contributed by atoms with van der Waals surface area (Å²) in [6.07, 6.45) is 3.79. The molecule has 1 aliphatic rings. The Balaban J connectivity index is 1.65. The van der Waals surface area contributed by atoms with Crippen molar-refractivity contribution in [3.05, 3.63) is 64.8 Å². The largest absolute Gasteiger partial charge is 0.479 e. The molecule has 1 atom stereocenters. The Morgan fingerprint density at radius 1 is 1.13 bits per heavy atom. The second-order valence-electron chi connectivity index (χ2n) is 6.91. The second kappa shape index (κ2) is 8.52. The molecule has 2 aromatic heterocycles. The molecule has 3 heterocycles. The fourth-order valence-corrected chi connectivity index (χ4v) is 4.75. The molecule has 0 aliphatic carbocycles. The number of fused-ring (bicyclic) bond motifs is 3. The SMILES string of the molecule is O=C(O)C=CC(=O)N1CCc2c(sc3ncnc(N[C@H](C(=O)O)c4ccccc4)c23)C1. The van der Waals surface area contributed by atoms with Gasteiger partial charge in [-0.15, -0.1) is 11.3 Å². The average Bonchev–Trinajstić information content (AvgIpc) is 3.14. The van der Waals surface area contributed by atoms with Crippen molar-refractivity contribution in [2.24, 2.45) is 0 Å². The van der Waals surface area contributed by atoms with Crippen LogP contribution in [-0.2, 0) is 27.3 Å². The van der Waals surface area contributed by atoms with E-state index in [-0.39, 0.29) is 5.91 Å². The molecule has 0 saturated heterocycles. The number of aliphatic carboxylic acids is 2.